The van der Waals surface area contributed by atoms with Gasteiger partial charge in [-0.15, -0.1) is 0 Å². The molecule has 0 saturated carbocycles. The molecule has 0 unspecified atom stereocenters. The van der Waals surface area contributed by atoms with Crippen molar-refractivity contribution in [2.75, 3.05) is 24.6 Å². The Balaban J connectivity index is 1.90. The summed E-state index contributed by atoms with van der Waals surface area (Å²) in [5.74, 6) is -2.13. The number of anilines is 1. The summed E-state index contributed by atoms with van der Waals surface area (Å²) in [7, 11) is 0. The van der Waals surface area contributed by atoms with Gasteiger partial charge in [-0.25, -0.2) is 4.79 Å². The predicted octanol–water partition coefficient (Wildman–Crippen LogP) is 0.991. The molecule has 0 radical (unpaired) electrons. The number of para-hydroxylation sites is 1. The minimum atomic E-state index is -0.721. The van der Waals surface area contributed by atoms with E-state index in [4.69, 9.17) is 4.74 Å². The molecule has 1 fully saturated rings. The van der Waals surface area contributed by atoms with Crippen LogP contribution in [-0.4, -0.2) is 43.5 Å². The molecule has 140 valence electrons. The van der Waals surface area contributed by atoms with E-state index in [1.807, 2.05) is 36.5 Å². The van der Waals surface area contributed by atoms with Crippen LogP contribution < -0.4 is 15.5 Å². The molecule has 0 bridgehead atoms. The molecule has 2 rings (SSSR count). The van der Waals surface area contributed by atoms with Crippen molar-refractivity contribution in [3.63, 3.8) is 0 Å². The highest BCUT2D eigenvalue weighted by molar-refractivity contribution is 6.00. The number of urea groups is 1. The van der Waals surface area contributed by atoms with Gasteiger partial charge in [0.25, 0.3) is 5.91 Å². The van der Waals surface area contributed by atoms with E-state index >= 15 is 0 Å². The molecule has 0 aliphatic carbocycles. The van der Waals surface area contributed by atoms with Crippen LogP contribution in [0.3, 0.4) is 0 Å². The molecule has 4 amide bonds. The lowest BCUT2D eigenvalue weighted by molar-refractivity contribution is -0.152. The summed E-state index contributed by atoms with van der Waals surface area (Å²) in [6.07, 6.45) is 0.809. The standard InChI is InChI=1S/C18H23N3O5/c1-3-12-7-5-6-8-14(12)21-10-13(9-16(21)23)17(24)26-11-15(22)20-18(25)19-4-2/h5-8,13H,3-4,9-11H2,1-2H3,(H2,19,20,22,25)/t13-/m0/s1. The Kier molecular flexibility index (Phi) is 6.71. The van der Waals surface area contributed by atoms with E-state index in [1.54, 1.807) is 11.8 Å². The van der Waals surface area contributed by atoms with Gasteiger partial charge in [0.2, 0.25) is 5.91 Å². The first-order valence-electron chi connectivity index (χ1n) is 8.58. The van der Waals surface area contributed by atoms with Gasteiger partial charge in [0.1, 0.15) is 0 Å². The average Bonchev–Trinajstić information content (AvgIpc) is 3.01. The van der Waals surface area contributed by atoms with E-state index in [-0.39, 0.29) is 18.9 Å². The summed E-state index contributed by atoms with van der Waals surface area (Å²) < 4.78 is 4.95. The normalized spacial score (nSPS) is 16.3. The third-order valence-corrected chi connectivity index (χ3v) is 4.06. The number of benzene rings is 1. The fraction of sp³-hybridized carbons (Fsp3) is 0.444. The largest absolute Gasteiger partial charge is 0.455 e. The number of carbonyl (C=O) groups excluding carboxylic acids is 4. The molecule has 8 heteroatoms. The van der Waals surface area contributed by atoms with Crippen molar-refractivity contribution in [2.24, 2.45) is 5.92 Å². The highest BCUT2D eigenvalue weighted by atomic mass is 16.5. The number of hydrogen-bond donors (Lipinski definition) is 2. The average molecular weight is 361 g/mol. The molecule has 0 aromatic heterocycles. The highest BCUT2D eigenvalue weighted by Gasteiger charge is 2.37. The lowest BCUT2D eigenvalue weighted by Gasteiger charge is -2.19. The molecule has 1 heterocycles. The number of imide groups is 1. The van der Waals surface area contributed by atoms with Gasteiger partial charge in [-0.05, 0) is 25.0 Å². The smallest absolute Gasteiger partial charge is 0.321 e. The molecule has 1 saturated heterocycles. The number of amides is 4. The maximum atomic E-state index is 12.3. The summed E-state index contributed by atoms with van der Waals surface area (Å²) in [5.41, 5.74) is 1.82. The monoisotopic (exact) mass is 361 g/mol. The van der Waals surface area contributed by atoms with Crippen LogP contribution in [0.1, 0.15) is 25.8 Å². The second kappa shape index (κ2) is 8.98. The van der Waals surface area contributed by atoms with E-state index in [1.165, 1.54) is 0 Å². The van der Waals surface area contributed by atoms with Crippen LogP contribution in [0.5, 0.6) is 0 Å². The quantitative estimate of drug-likeness (QED) is 0.735. The second-order valence-corrected chi connectivity index (χ2v) is 5.90. The van der Waals surface area contributed by atoms with E-state index in [9.17, 15) is 19.2 Å². The lowest BCUT2D eigenvalue weighted by Crippen LogP contribution is -2.41. The van der Waals surface area contributed by atoms with Crippen molar-refractivity contribution < 1.29 is 23.9 Å². The maximum Gasteiger partial charge on any atom is 0.321 e. The van der Waals surface area contributed by atoms with E-state index < -0.39 is 30.4 Å². The molecule has 1 aliphatic heterocycles. The van der Waals surface area contributed by atoms with E-state index in [2.05, 4.69) is 5.32 Å². The number of esters is 1. The Morgan fingerprint density at radius 2 is 1.96 bits per heavy atom. The van der Waals surface area contributed by atoms with Crippen molar-refractivity contribution in [2.45, 2.75) is 26.7 Å². The summed E-state index contributed by atoms with van der Waals surface area (Å²) in [6.45, 7) is 3.74. The van der Waals surface area contributed by atoms with Crippen LogP contribution in [0.2, 0.25) is 0 Å². The van der Waals surface area contributed by atoms with Crippen molar-refractivity contribution in [1.29, 1.82) is 0 Å². The number of nitrogens with one attached hydrogen (secondary N) is 2. The molecule has 1 aliphatic rings. The van der Waals surface area contributed by atoms with Crippen molar-refractivity contribution in [3.05, 3.63) is 29.8 Å². The number of ether oxygens (including phenoxy) is 1. The molecule has 2 N–H and O–H groups in total. The number of aryl methyl sites for hydroxylation is 1. The van der Waals surface area contributed by atoms with Gasteiger partial charge in [-0.3, -0.25) is 19.7 Å². The van der Waals surface area contributed by atoms with Gasteiger partial charge in [-0.2, -0.15) is 0 Å². The zero-order chi connectivity index (χ0) is 19.1. The number of nitrogens with zero attached hydrogens (tertiary/aromatic N) is 1. The molecule has 8 nitrogen and oxygen atoms in total. The van der Waals surface area contributed by atoms with Crippen LogP contribution in [0.15, 0.2) is 24.3 Å². The minimum absolute atomic E-state index is 0.0365. The summed E-state index contributed by atoms with van der Waals surface area (Å²) in [6, 6.07) is 6.90. The maximum absolute atomic E-state index is 12.3. The molecule has 1 atom stereocenters. The first kappa shape index (κ1) is 19.4. The minimum Gasteiger partial charge on any atom is -0.455 e. The third kappa shape index (κ3) is 4.81. The van der Waals surface area contributed by atoms with Crippen molar-refractivity contribution >= 4 is 29.5 Å². The molecular formula is C18H23N3O5. The van der Waals surface area contributed by atoms with Crippen LogP contribution in [0.4, 0.5) is 10.5 Å². The Morgan fingerprint density at radius 1 is 1.23 bits per heavy atom. The highest BCUT2D eigenvalue weighted by Crippen LogP contribution is 2.28. The Hall–Kier alpha value is -2.90. The molecular weight excluding hydrogens is 338 g/mol. The summed E-state index contributed by atoms with van der Waals surface area (Å²) in [5, 5.41) is 4.44. The van der Waals surface area contributed by atoms with E-state index in [0.717, 1.165) is 17.7 Å². The Bertz CT molecular complexity index is 704. The van der Waals surface area contributed by atoms with Crippen molar-refractivity contribution in [3.8, 4) is 0 Å². The van der Waals surface area contributed by atoms with Crippen molar-refractivity contribution in [1.82, 2.24) is 10.6 Å². The molecule has 0 spiro atoms. The molecule has 26 heavy (non-hydrogen) atoms. The SMILES string of the molecule is CCNC(=O)NC(=O)COC(=O)[C@H]1CC(=O)N(c2ccccc2CC)C1. The Labute approximate surface area is 151 Å². The summed E-state index contributed by atoms with van der Waals surface area (Å²) >= 11 is 0. The topological polar surface area (TPSA) is 105 Å². The number of hydrogen-bond acceptors (Lipinski definition) is 5. The van der Waals surface area contributed by atoms with Gasteiger partial charge in [0.15, 0.2) is 6.61 Å². The van der Waals surface area contributed by atoms with Crippen LogP contribution in [0.25, 0.3) is 0 Å². The van der Waals surface area contributed by atoms with Gasteiger partial charge < -0.3 is 15.0 Å². The van der Waals surface area contributed by atoms with Crippen LogP contribution in [0, 0.1) is 5.92 Å². The predicted molar refractivity (Wildman–Crippen MR) is 94.5 cm³/mol. The molecule has 1 aromatic rings. The number of carbonyl (C=O) groups is 4. The van der Waals surface area contributed by atoms with Gasteiger partial charge in [0, 0.05) is 25.2 Å². The second-order valence-electron chi connectivity index (χ2n) is 5.90. The van der Waals surface area contributed by atoms with Crippen LogP contribution >= 0.6 is 0 Å². The Morgan fingerprint density at radius 3 is 2.65 bits per heavy atom. The zero-order valence-electron chi connectivity index (χ0n) is 14.9. The first-order valence-corrected chi connectivity index (χ1v) is 8.58. The van der Waals surface area contributed by atoms with E-state index in [0.29, 0.717) is 6.54 Å². The summed E-state index contributed by atoms with van der Waals surface area (Å²) in [4.78, 5) is 48.8. The fourth-order valence-electron chi connectivity index (χ4n) is 2.79. The van der Waals surface area contributed by atoms with Gasteiger partial charge >= 0.3 is 12.0 Å². The third-order valence-electron chi connectivity index (χ3n) is 4.06. The van der Waals surface area contributed by atoms with Gasteiger partial charge in [-0.1, -0.05) is 25.1 Å². The molecule has 1 aromatic carbocycles. The first-order chi connectivity index (χ1) is 12.5. The fourth-order valence-corrected chi connectivity index (χ4v) is 2.79. The number of rotatable bonds is 6. The van der Waals surface area contributed by atoms with Gasteiger partial charge in [0.05, 0.1) is 5.92 Å². The zero-order valence-corrected chi connectivity index (χ0v) is 14.9. The van der Waals surface area contributed by atoms with Crippen LogP contribution in [-0.2, 0) is 25.5 Å². The lowest BCUT2D eigenvalue weighted by atomic mass is 10.1.